The molecular formula is C24H36O. The van der Waals surface area contributed by atoms with Gasteiger partial charge in [-0.25, -0.2) is 0 Å². The number of aromatic hydroxyl groups is 1. The standard InChI is InChI=1S/C18H30.C6H6O/c1-6-7-8-9-10-11-16-13-12-15(2)17(14-16)18(3,4)5;7-6-4-2-1-3-5-6/h12-14H,6-11H2,1-5H3;1-5,7H. The van der Waals surface area contributed by atoms with Gasteiger partial charge in [0.1, 0.15) is 5.75 Å². The normalized spacial score (nSPS) is 10.9. The van der Waals surface area contributed by atoms with Crippen LogP contribution in [0.1, 0.15) is 76.5 Å². The summed E-state index contributed by atoms with van der Waals surface area (Å²) in [7, 11) is 0. The summed E-state index contributed by atoms with van der Waals surface area (Å²) < 4.78 is 0. The summed E-state index contributed by atoms with van der Waals surface area (Å²) in [5.41, 5.74) is 4.72. The van der Waals surface area contributed by atoms with Crippen LogP contribution in [0.5, 0.6) is 5.75 Å². The van der Waals surface area contributed by atoms with Crippen molar-refractivity contribution in [2.45, 2.75) is 78.6 Å². The molecule has 0 unspecified atom stereocenters. The maximum absolute atomic E-state index is 8.63. The predicted molar refractivity (Wildman–Crippen MR) is 110 cm³/mol. The van der Waals surface area contributed by atoms with E-state index in [-0.39, 0.29) is 5.41 Å². The number of rotatable bonds is 6. The molecule has 0 amide bonds. The Bertz CT molecular complexity index is 593. The van der Waals surface area contributed by atoms with Crippen molar-refractivity contribution < 1.29 is 5.11 Å². The number of hydrogen-bond acceptors (Lipinski definition) is 1. The number of unbranched alkanes of at least 4 members (excludes halogenated alkanes) is 4. The fourth-order valence-electron chi connectivity index (χ4n) is 2.99. The van der Waals surface area contributed by atoms with Crippen LogP contribution in [0.3, 0.4) is 0 Å². The van der Waals surface area contributed by atoms with E-state index in [1.807, 2.05) is 6.07 Å². The number of aryl methyl sites for hydroxylation is 2. The third kappa shape index (κ3) is 8.77. The van der Waals surface area contributed by atoms with E-state index in [2.05, 4.69) is 52.8 Å². The molecule has 0 aliphatic heterocycles. The van der Waals surface area contributed by atoms with E-state index in [1.165, 1.54) is 55.2 Å². The summed E-state index contributed by atoms with van der Waals surface area (Å²) >= 11 is 0. The molecule has 2 aromatic rings. The molecule has 2 rings (SSSR count). The third-order valence-electron chi connectivity index (χ3n) is 4.44. The van der Waals surface area contributed by atoms with Crippen LogP contribution >= 0.6 is 0 Å². The molecule has 0 aliphatic carbocycles. The number of para-hydroxylation sites is 1. The Labute approximate surface area is 155 Å². The zero-order valence-corrected chi connectivity index (χ0v) is 16.8. The molecule has 0 spiro atoms. The van der Waals surface area contributed by atoms with Gasteiger partial charge in [-0.2, -0.15) is 0 Å². The summed E-state index contributed by atoms with van der Waals surface area (Å²) in [5, 5.41) is 8.63. The smallest absolute Gasteiger partial charge is 0.115 e. The molecule has 0 saturated heterocycles. The Kier molecular flexibility index (Phi) is 9.34. The quantitative estimate of drug-likeness (QED) is 0.551. The first-order valence-electron chi connectivity index (χ1n) is 9.68. The van der Waals surface area contributed by atoms with Gasteiger partial charge in [0.25, 0.3) is 0 Å². The topological polar surface area (TPSA) is 20.2 Å². The molecule has 0 aliphatic rings. The van der Waals surface area contributed by atoms with E-state index in [0.717, 1.165) is 0 Å². The second-order valence-corrected chi connectivity index (χ2v) is 7.90. The van der Waals surface area contributed by atoms with Gasteiger partial charge >= 0.3 is 0 Å². The molecule has 0 fully saturated rings. The highest BCUT2D eigenvalue weighted by molar-refractivity contribution is 5.35. The van der Waals surface area contributed by atoms with Crippen molar-refractivity contribution in [3.63, 3.8) is 0 Å². The van der Waals surface area contributed by atoms with Gasteiger partial charge in [-0.05, 0) is 54.0 Å². The highest BCUT2D eigenvalue weighted by Crippen LogP contribution is 2.27. The van der Waals surface area contributed by atoms with E-state index < -0.39 is 0 Å². The SMILES string of the molecule is CCCCCCCc1ccc(C)c(C(C)(C)C)c1.Oc1ccccc1. The molecule has 1 N–H and O–H groups in total. The van der Waals surface area contributed by atoms with Gasteiger partial charge < -0.3 is 5.11 Å². The lowest BCUT2D eigenvalue weighted by atomic mass is 9.83. The number of benzene rings is 2. The minimum atomic E-state index is 0.266. The first kappa shape index (κ1) is 21.3. The van der Waals surface area contributed by atoms with Crippen LogP contribution in [0.25, 0.3) is 0 Å². The summed E-state index contributed by atoms with van der Waals surface area (Å²) in [4.78, 5) is 0. The van der Waals surface area contributed by atoms with E-state index in [9.17, 15) is 0 Å². The fraction of sp³-hybridized carbons (Fsp3) is 0.500. The van der Waals surface area contributed by atoms with Crippen molar-refractivity contribution in [3.8, 4) is 5.75 Å². The van der Waals surface area contributed by atoms with Crippen molar-refractivity contribution in [2.24, 2.45) is 0 Å². The van der Waals surface area contributed by atoms with Crippen LogP contribution in [0.2, 0.25) is 0 Å². The van der Waals surface area contributed by atoms with Gasteiger partial charge in [-0.3, -0.25) is 0 Å². The minimum absolute atomic E-state index is 0.266. The summed E-state index contributed by atoms with van der Waals surface area (Å²) in [6.45, 7) is 11.4. The van der Waals surface area contributed by atoms with Crippen molar-refractivity contribution in [1.82, 2.24) is 0 Å². The Morgan fingerprint density at radius 3 is 2.00 bits per heavy atom. The molecule has 0 heterocycles. The Balaban J connectivity index is 0.000000370. The number of hydrogen-bond donors (Lipinski definition) is 1. The Morgan fingerprint density at radius 2 is 1.48 bits per heavy atom. The van der Waals surface area contributed by atoms with Crippen LogP contribution in [0, 0.1) is 6.92 Å². The molecule has 0 atom stereocenters. The molecule has 0 saturated carbocycles. The molecule has 25 heavy (non-hydrogen) atoms. The minimum Gasteiger partial charge on any atom is -0.508 e. The van der Waals surface area contributed by atoms with Crippen molar-refractivity contribution >= 4 is 0 Å². The lowest BCUT2D eigenvalue weighted by Crippen LogP contribution is -2.13. The maximum atomic E-state index is 8.63. The fourth-order valence-corrected chi connectivity index (χ4v) is 2.99. The lowest BCUT2D eigenvalue weighted by Gasteiger charge is -2.22. The Hall–Kier alpha value is -1.76. The predicted octanol–water partition coefficient (Wildman–Crippen LogP) is 7.20. The van der Waals surface area contributed by atoms with E-state index in [0.29, 0.717) is 5.75 Å². The molecule has 138 valence electrons. The van der Waals surface area contributed by atoms with Crippen molar-refractivity contribution in [2.75, 3.05) is 0 Å². The maximum Gasteiger partial charge on any atom is 0.115 e. The monoisotopic (exact) mass is 340 g/mol. The van der Waals surface area contributed by atoms with Gasteiger partial charge in [0, 0.05) is 0 Å². The van der Waals surface area contributed by atoms with Gasteiger partial charge in [-0.15, -0.1) is 0 Å². The van der Waals surface area contributed by atoms with Gasteiger partial charge in [0.05, 0.1) is 0 Å². The van der Waals surface area contributed by atoms with Crippen LogP contribution in [0.4, 0.5) is 0 Å². The van der Waals surface area contributed by atoms with Gasteiger partial charge in [0.2, 0.25) is 0 Å². The van der Waals surface area contributed by atoms with Crippen LogP contribution < -0.4 is 0 Å². The van der Waals surface area contributed by atoms with Gasteiger partial charge in [-0.1, -0.05) is 89.8 Å². The largest absolute Gasteiger partial charge is 0.508 e. The molecule has 1 heteroatoms. The van der Waals surface area contributed by atoms with E-state index in [4.69, 9.17) is 5.11 Å². The molecule has 0 radical (unpaired) electrons. The average molecular weight is 341 g/mol. The molecular weight excluding hydrogens is 304 g/mol. The van der Waals surface area contributed by atoms with Gasteiger partial charge in [0.15, 0.2) is 0 Å². The molecule has 2 aromatic carbocycles. The first-order chi connectivity index (χ1) is 11.8. The lowest BCUT2D eigenvalue weighted by molar-refractivity contribution is 0.475. The van der Waals surface area contributed by atoms with Crippen molar-refractivity contribution in [1.29, 1.82) is 0 Å². The van der Waals surface area contributed by atoms with Crippen LogP contribution in [-0.2, 0) is 11.8 Å². The zero-order valence-electron chi connectivity index (χ0n) is 16.8. The second kappa shape index (κ2) is 11.0. The Morgan fingerprint density at radius 1 is 0.840 bits per heavy atom. The highest BCUT2D eigenvalue weighted by atomic mass is 16.3. The van der Waals surface area contributed by atoms with E-state index in [1.54, 1.807) is 24.3 Å². The summed E-state index contributed by atoms with van der Waals surface area (Å²) in [6, 6.07) is 15.7. The number of phenolic OH excluding ortho intramolecular Hbond substituents is 1. The molecule has 0 bridgehead atoms. The average Bonchev–Trinajstić information content (AvgIpc) is 2.56. The molecule has 1 nitrogen and oxygen atoms in total. The van der Waals surface area contributed by atoms with E-state index >= 15 is 0 Å². The third-order valence-corrected chi connectivity index (χ3v) is 4.44. The summed E-state index contributed by atoms with van der Waals surface area (Å²) in [6.07, 6.45) is 8.08. The second-order valence-electron chi connectivity index (χ2n) is 7.90. The summed E-state index contributed by atoms with van der Waals surface area (Å²) in [5.74, 6) is 0.322. The first-order valence-corrected chi connectivity index (χ1v) is 9.68. The highest BCUT2D eigenvalue weighted by Gasteiger charge is 2.16. The van der Waals surface area contributed by atoms with Crippen LogP contribution in [-0.4, -0.2) is 5.11 Å². The van der Waals surface area contributed by atoms with Crippen molar-refractivity contribution in [3.05, 3.63) is 65.2 Å². The van der Waals surface area contributed by atoms with Crippen LogP contribution in [0.15, 0.2) is 48.5 Å². The zero-order chi connectivity index (χ0) is 18.7. The number of phenols is 1. The molecule has 0 aromatic heterocycles.